The molecule has 1 heterocycles. The molecule has 0 spiro atoms. The van der Waals surface area contributed by atoms with Gasteiger partial charge in [-0.1, -0.05) is 35.9 Å². The van der Waals surface area contributed by atoms with Crippen LogP contribution in [0.3, 0.4) is 0 Å². The Labute approximate surface area is 181 Å². The molecule has 2 aromatic carbocycles. The average molecular weight is 454 g/mol. The van der Waals surface area contributed by atoms with Crippen LogP contribution in [0.5, 0.6) is 0 Å². The fourth-order valence-electron chi connectivity index (χ4n) is 3.42. The first-order chi connectivity index (χ1) is 14.2. The third-order valence-electron chi connectivity index (χ3n) is 5.10. The Hall–Kier alpha value is -2.00. The molecule has 0 bridgehead atoms. The van der Waals surface area contributed by atoms with Gasteiger partial charge in [0, 0.05) is 30.7 Å². The molecule has 0 aliphatic carbocycles. The number of piperidine rings is 1. The van der Waals surface area contributed by atoms with Crippen LogP contribution in [0.2, 0.25) is 5.02 Å². The molecule has 2 N–H and O–H groups in total. The van der Waals surface area contributed by atoms with Gasteiger partial charge in [-0.15, -0.1) is 0 Å². The molecule has 0 saturated carbocycles. The van der Waals surface area contributed by atoms with Gasteiger partial charge >= 0.3 is 0 Å². The van der Waals surface area contributed by atoms with Gasteiger partial charge in [0.2, 0.25) is 15.9 Å². The average Bonchev–Trinajstić information content (AvgIpc) is 2.71. The van der Waals surface area contributed by atoms with E-state index in [0.717, 1.165) is 38.5 Å². The monoisotopic (exact) mass is 453 g/mol. The number of hydrogen-bond donors (Lipinski definition) is 2. The maximum Gasteiger partial charge on any atom is 0.244 e. The van der Waals surface area contributed by atoms with Crippen molar-refractivity contribution < 1.29 is 17.6 Å². The molecule has 6 nitrogen and oxygen atoms in total. The molecule has 1 fully saturated rings. The summed E-state index contributed by atoms with van der Waals surface area (Å²) < 4.78 is 40.7. The van der Waals surface area contributed by atoms with Crippen LogP contribution in [-0.2, 0) is 21.4 Å². The first-order valence-corrected chi connectivity index (χ1v) is 11.6. The van der Waals surface area contributed by atoms with E-state index in [1.165, 1.54) is 30.7 Å². The minimum atomic E-state index is -4.13. The van der Waals surface area contributed by atoms with Crippen LogP contribution in [0.1, 0.15) is 25.3 Å². The van der Waals surface area contributed by atoms with Gasteiger partial charge in [-0.3, -0.25) is 9.69 Å². The van der Waals surface area contributed by atoms with Gasteiger partial charge in [0.25, 0.3) is 0 Å². The molecular formula is C21H25ClFN3O3S. The standard InChI is InChI=1S/C21H25ClFN3O3S/c1-15(25-30(28,29)20-5-3-2-4-19(20)23)21(27)24-18-10-12-26(13-11-18)14-16-6-8-17(22)9-7-16/h2-9,15,18,25H,10-14H2,1H3,(H,24,27)/t15-/m0/s1. The van der Waals surface area contributed by atoms with E-state index in [1.807, 2.05) is 24.3 Å². The van der Waals surface area contributed by atoms with Crippen LogP contribution in [-0.4, -0.2) is 44.4 Å². The summed E-state index contributed by atoms with van der Waals surface area (Å²) in [4.78, 5) is 14.3. The molecule has 0 aromatic heterocycles. The highest BCUT2D eigenvalue weighted by Crippen LogP contribution is 2.17. The topological polar surface area (TPSA) is 78.5 Å². The van der Waals surface area contributed by atoms with E-state index in [1.54, 1.807) is 0 Å². The molecule has 1 aliphatic rings. The smallest absolute Gasteiger partial charge is 0.244 e. The van der Waals surface area contributed by atoms with Crippen LogP contribution in [0, 0.1) is 5.82 Å². The second-order valence-electron chi connectivity index (χ2n) is 7.46. The molecule has 1 amide bonds. The highest BCUT2D eigenvalue weighted by Gasteiger charge is 2.27. The molecule has 1 aliphatic heterocycles. The van der Waals surface area contributed by atoms with Crippen molar-refractivity contribution in [2.45, 2.75) is 43.3 Å². The van der Waals surface area contributed by atoms with Crippen molar-refractivity contribution in [3.8, 4) is 0 Å². The number of nitrogens with zero attached hydrogens (tertiary/aromatic N) is 1. The highest BCUT2D eigenvalue weighted by molar-refractivity contribution is 7.89. The van der Waals surface area contributed by atoms with Crippen molar-refractivity contribution in [3.05, 3.63) is 64.9 Å². The van der Waals surface area contributed by atoms with Gasteiger partial charge in [0.15, 0.2) is 0 Å². The summed E-state index contributed by atoms with van der Waals surface area (Å²) in [6, 6.07) is 11.8. The van der Waals surface area contributed by atoms with Crippen molar-refractivity contribution in [1.82, 2.24) is 14.9 Å². The third kappa shape index (κ3) is 6.01. The summed E-state index contributed by atoms with van der Waals surface area (Å²) in [5.41, 5.74) is 1.18. The number of benzene rings is 2. The summed E-state index contributed by atoms with van der Waals surface area (Å²) in [6.45, 7) is 3.91. The second-order valence-corrected chi connectivity index (χ2v) is 9.58. The van der Waals surface area contributed by atoms with Gasteiger partial charge in [-0.05, 0) is 49.6 Å². The van der Waals surface area contributed by atoms with Gasteiger partial charge in [-0.25, -0.2) is 12.8 Å². The zero-order valence-corrected chi connectivity index (χ0v) is 18.2. The number of nitrogens with one attached hydrogen (secondary N) is 2. The molecule has 0 radical (unpaired) electrons. The minimum Gasteiger partial charge on any atom is -0.352 e. The number of hydrogen-bond acceptors (Lipinski definition) is 4. The summed E-state index contributed by atoms with van der Waals surface area (Å²) in [6.07, 6.45) is 1.54. The molecule has 3 rings (SSSR count). The Morgan fingerprint density at radius 3 is 2.43 bits per heavy atom. The lowest BCUT2D eigenvalue weighted by Gasteiger charge is -2.33. The lowest BCUT2D eigenvalue weighted by molar-refractivity contribution is -0.123. The molecular weight excluding hydrogens is 429 g/mol. The predicted octanol–water partition coefficient (Wildman–Crippen LogP) is 2.93. The molecule has 162 valence electrons. The Bertz CT molecular complexity index is 977. The summed E-state index contributed by atoms with van der Waals surface area (Å²) >= 11 is 5.91. The third-order valence-corrected chi connectivity index (χ3v) is 6.93. The SMILES string of the molecule is C[C@H](NS(=O)(=O)c1ccccc1F)C(=O)NC1CCN(Cc2ccc(Cl)cc2)CC1. The van der Waals surface area contributed by atoms with Crippen LogP contribution in [0.4, 0.5) is 4.39 Å². The van der Waals surface area contributed by atoms with Crippen LogP contribution in [0.25, 0.3) is 0 Å². The zero-order chi connectivity index (χ0) is 21.7. The summed E-state index contributed by atoms with van der Waals surface area (Å²) in [5, 5.41) is 3.60. The number of likely N-dealkylation sites (tertiary alicyclic amines) is 1. The maximum atomic E-state index is 13.8. The Morgan fingerprint density at radius 2 is 1.80 bits per heavy atom. The van der Waals surface area contributed by atoms with Gasteiger partial charge < -0.3 is 5.32 Å². The van der Waals surface area contributed by atoms with Gasteiger partial charge in [0.1, 0.15) is 10.7 Å². The van der Waals surface area contributed by atoms with E-state index in [0.29, 0.717) is 5.02 Å². The molecule has 1 saturated heterocycles. The van der Waals surface area contributed by atoms with Crippen LogP contribution >= 0.6 is 11.6 Å². The Morgan fingerprint density at radius 1 is 1.17 bits per heavy atom. The predicted molar refractivity (Wildman–Crippen MR) is 114 cm³/mol. The molecule has 1 atom stereocenters. The molecule has 2 aromatic rings. The number of halogens is 2. The van der Waals surface area contributed by atoms with Gasteiger partial charge in [-0.2, -0.15) is 4.72 Å². The fraction of sp³-hybridized carbons (Fsp3) is 0.381. The lowest BCUT2D eigenvalue weighted by Crippen LogP contribution is -2.51. The highest BCUT2D eigenvalue weighted by atomic mass is 35.5. The van der Waals surface area contributed by atoms with E-state index in [-0.39, 0.29) is 6.04 Å². The lowest BCUT2D eigenvalue weighted by atomic mass is 10.0. The van der Waals surface area contributed by atoms with Crippen molar-refractivity contribution in [2.24, 2.45) is 0 Å². The van der Waals surface area contributed by atoms with E-state index < -0.39 is 32.7 Å². The van der Waals surface area contributed by atoms with Crippen molar-refractivity contribution in [3.63, 3.8) is 0 Å². The first-order valence-electron chi connectivity index (χ1n) is 9.78. The van der Waals surface area contributed by atoms with E-state index in [9.17, 15) is 17.6 Å². The fourth-order valence-corrected chi connectivity index (χ4v) is 4.83. The molecule has 30 heavy (non-hydrogen) atoms. The second kappa shape index (κ2) is 9.87. The van der Waals surface area contributed by atoms with Crippen LogP contribution in [0.15, 0.2) is 53.4 Å². The minimum absolute atomic E-state index is 0.0283. The molecule has 0 unspecified atom stereocenters. The molecule has 9 heteroatoms. The maximum absolute atomic E-state index is 13.8. The number of carbonyl (C=O) groups is 1. The van der Waals surface area contributed by atoms with Crippen LogP contribution < -0.4 is 10.0 Å². The number of carbonyl (C=O) groups excluding carboxylic acids is 1. The summed E-state index contributed by atoms with van der Waals surface area (Å²) in [7, 11) is -4.13. The van der Waals surface area contributed by atoms with Crippen molar-refractivity contribution in [1.29, 1.82) is 0 Å². The normalized spacial score (nSPS) is 16.9. The van der Waals surface area contributed by atoms with Crippen molar-refractivity contribution >= 4 is 27.5 Å². The quantitative estimate of drug-likeness (QED) is 0.675. The van der Waals surface area contributed by atoms with Gasteiger partial charge in [0.05, 0.1) is 6.04 Å². The Balaban J connectivity index is 1.48. The van der Waals surface area contributed by atoms with E-state index in [4.69, 9.17) is 11.6 Å². The largest absolute Gasteiger partial charge is 0.352 e. The summed E-state index contributed by atoms with van der Waals surface area (Å²) in [5.74, 6) is -1.28. The van der Waals surface area contributed by atoms with E-state index in [2.05, 4.69) is 14.9 Å². The zero-order valence-electron chi connectivity index (χ0n) is 16.6. The number of sulfonamides is 1. The number of rotatable bonds is 7. The van der Waals surface area contributed by atoms with E-state index >= 15 is 0 Å². The first kappa shape index (κ1) is 22.7. The number of amides is 1. The Kier molecular flexibility index (Phi) is 7.46. The van der Waals surface area contributed by atoms with Crippen molar-refractivity contribution in [2.75, 3.05) is 13.1 Å².